The van der Waals surface area contributed by atoms with E-state index >= 15 is 0 Å². The third-order valence-electron chi connectivity index (χ3n) is 5.14. The van der Waals surface area contributed by atoms with E-state index in [-0.39, 0.29) is 12.1 Å². The fraction of sp³-hybridized carbons (Fsp3) is 0.348. The van der Waals surface area contributed by atoms with Crippen molar-refractivity contribution in [2.75, 3.05) is 27.9 Å². The van der Waals surface area contributed by atoms with E-state index in [0.29, 0.717) is 23.8 Å². The summed E-state index contributed by atoms with van der Waals surface area (Å²) in [6, 6.07) is 9.53. The van der Waals surface area contributed by atoms with Crippen LogP contribution in [-0.4, -0.2) is 38.9 Å². The molecule has 3 rings (SSSR count). The van der Waals surface area contributed by atoms with Crippen LogP contribution in [0.3, 0.4) is 0 Å². The first kappa shape index (κ1) is 21.4. The second-order valence-electron chi connectivity index (χ2n) is 7.19. The van der Waals surface area contributed by atoms with Crippen LogP contribution in [0.2, 0.25) is 0 Å². The number of nitrogens with one attached hydrogen (secondary N) is 3. The van der Waals surface area contributed by atoms with Crippen molar-refractivity contribution in [2.45, 2.75) is 26.3 Å². The molecule has 0 aliphatic heterocycles. The summed E-state index contributed by atoms with van der Waals surface area (Å²) in [5, 5.41) is 7.07. The van der Waals surface area contributed by atoms with Gasteiger partial charge in [-0.2, -0.15) is 0 Å². The molecule has 1 aromatic heterocycles. The molecule has 2 aromatic carbocycles. The van der Waals surface area contributed by atoms with Gasteiger partial charge in [0.2, 0.25) is 5.75 Å². The Bertz CT molecular complexity index is 1000. The number of aryl methyl sites for hydroxylation is 1. The summed E-state index contributed by atoms with van der Waals surface area (Å²) in [6.07, 6.45) is 2.75. The number of amides is 2. The van der Waals surface area contributed by atoms with Gasteiger partial charge in [-0.3, -0.25) is 0 Å². The summed E-state index contributed by atoms with van der Waals surface area (Å²) < 4.78 is 16.1. The number of urea groups is 1. The molecule has 7 nitrogen and oxygen atoms in total. The van der Waals surface area contributed by atoms with Gasteiger partial charge in [-0.05, 0) is 55.2 Å². The number of fused-ring (bicyclic) bond motifs is 1. The standard InChI is InChI=1S/C23H29N3O4/c1-14-6-7-18-16(13-25-19(18)10-14)8-9-24-23(27)26-15(2)17-11-20(28-3)22(30-5)21(12-17)29-4/h6-7,10-13,15,25H,8-9H2,1-5H3,(H2,24,26,27). The summed E-state index contributed by atoms with van der Waals surface area (Å²) in [4.78, 5) is 15.7. The third-order valence-corrected chi connectivity index (χ3v) is 5.14. The predicted octanol–water partition coefficient (Wildman–Crippen LogP) is 4.11. The van der Waals surface area contributed by atoms with E-state index in [4.69, 9.17) is 14.2 Å². The second-order valence-corrected chi connectivity index (χ2v) is 7.19. The van der Waals surface area contributed by atoms with E-state index < -0.39 is 0 Å². The lowest BCUT2D eigenvalue weighted by atomic mass is 10.1. The maximum atomic E-state index is 12.4. The van der Waals surface area contributed by atoms with Crippen molar-refractivity contribution in [1.82, 2.24) is 15.6 Å². The molecule has 0 fully saturated rings. The number of methoxy groups -OCH3 is 3. The Morgan fingerprint density at radius 1 is 1.07 bits per heavy atom. The van der Waals surface area contributed by atoms with Crippen molar-refractivity contribution in [3.8, 4) is 17.2 Å². The smallest absolute Gasteiger partial charge is 0.315 e. The van der Waals surface area contributed by atoms with Gasteiger partial charge in [0, 0.05) is 23.6 Å². The number of aromatic nitrogens is 1. The van der Waals surface area contributed by atoms with E-state index in [2.05, 4.69) is 40.7 Å². The fourth-order valence-corrected chi connectivity index (χ4v) is 3.50. The molecule has 1 heterocycles. The number of carbonyl (C=O) groups excluding carboxylic acids is 1. The highest BCUT2D eigenvalue weighted by atomic mass is 16.5. The predicted molar refractivity (Wildman–Crippen MR) is 118 cm³/mol. The molecule has 0 aliphatic rings. The number of carbonyl (C=O) groups is 1. The van der Waals surface area contributed by atoms with Crippen molar-refractivity contribution in [2.24, 2.45) is 0 Å². The summed E-state index contributed by atoms with van der Waals surface area (Å²) in [7, 11) is 4.69. The van der Waals surface area contributed by atoms with Crippen molar-refractivity contribution >= 4 is 16.9 Å². The molecule has 3 aromatic rings. The fourth-order valence-electron chi connectivity index (χ4n) is 3.50. The lowest BCUT2D eigenvalue weighted by Gasteiger charge is -2.19. The van der Waals surface area contributed by atoms with Crippen LogP contribution in [-0.2, 0) is 6.42 Å². The van der Waals surface area contributed by atoms with Crippen LogP contribution < -0.4 is 24.8 Å². The maximum absolute atomic E-state index is 12.4. The molecule has 0 spiro atoms. The quantitative estimate of drug-likeness (QED) is 0.521. The summed E-state index contributed by atoms with van der Waals surface area (Å²) in [5.74, 6) is 1.63. The normalized spacial score (nSPS) is 11.8. The number of hydrogen-bond donors (Lipinski definition) is 3. The Kier molecular flexibility index (Phi) is 6.72. The summed E-state index contributed by atoms with van der Waals surface area (Å²) in [6.45, 7) is 4.51. The number of hydrogen-bond acceptors (Lipinski definition) is 4. The SMILES string of the molecule is COc1cc(C(C)NC(=O)NCCc2c[nH]c3cc(C)ccc23)cc(OC)c1OC. The molecule has 0 bridgehead atoms. The van der Waals surface area contributed by atoms with Crippen LogP contribution in [0.25, 0.3) is 10.9 Å². The van der Waals surface area contributed by atoms with Crippen LogP contribution in [0.1, 0.15) is 29.7 Å². The first-order valence-corrected chi connectivity index (χ1v) is 9.87. The number of benzene rings is 2. The van der Waals surface area contributed by atoms with E-state index in [0.717, 1.165) is 17.5 Å². The molecule has 0 radical (unpaired) electrons. The Balaban J connectivity index is 1.59. The van der Waals surface area contributed by atoms with E-state index in [1.54, 1.807) is 21.3 Å². The lowest BCUT2D eigenvalue weighted by molar-refractivity contribution is 0.238. The van der Waals surface area contributed by atoms with E-state index in [1.165, 1.54) is 16.5 Å². The van der Waals surface area contributed by atoms with Crippen molar-refractivity contribution in [3.63, 3.8) is 0 Å². The van der Waals surface area contributed by atoms with Gasteiger partial charge in [-0.1, -0.05) is 12.1 Å². The van der Waals surface area contributed by atoms with Crippen LogP contribution in [0, 0.1) is 6.92 Å². The first-order chi connectivity index (χ1) is 14.5. The average molecular weight is 412 g/mol. The van der Waals surface area contributed by atoms with Gasteiger partial charge in [0.05, 0.1) is 27.4 Å². The van der Waals surface area contributed by atoms with Crippen molar-refractivity contribution in [1.29, 1.82) is 0 Å². The topological polar surface area (TPSA) is 84.6 Å². The average Bonchev–Trinajstić information content (AvgIpc) is 3.14. The molecule has 2 amide bonds. The highest BCUT2D eigenvalue weighted by Crippen LogP contribution is 2.39. The molecular weight excluding hydrogens is 382 g/mol. The lowest BCUT2D eigenvalue weighted by Crippen LogP contribution is -2.38. The third kappa shape index (κ3) is 4.62. The van der Waals surface area contributed by atoms with Gasteiger partial charge < -0.3 is 29.8 Å². The van der Waals surface area contributed by atoms with Gasteiger partial charge in [-0.15, -0.1) is 0 Å². The Morgan fingerprint density at radius 3 is 2.40 bits per heavy atom. The molecular formula is C23H29N3O4. The molecule has 160 valence electrons. The molecule has 30 heavy (non-hydrogen) atoms. The van der Waals surface area contributed by atoms with E-state index in [9.17, 15) is 4.79 Å². The van der Waals surface area contributed by atoms with Crippen LogP contribution in [0.15, 0.2) is 36.5 Å². The Hall–Kier alpha value is -3.35. The minimum absolute atomic E-state index is 0.230. The number of H-pyrrole nitrogens is 1. The maximum Gasteiger partial charge on any atom is 0.315 e. The summed E-state index contributed by atoms with van der Waals surface area (Å²) in [5.41, 5.74) is 4.37. The van der Waals surface area contributed by atoms with Crippen LogP contribution in [0.4, 0.5) is 4.79 Å². The monoisotopic (exact) mass is 411 g/mol. The zero-order chi connectivity index (χ0) is 21.7. The second kappa shape index (κ2) is 9.43. The van der Waals surface area contributed by atoms with Gasteiger partial charge in [-0.25, -0.2) is 4.79 Å². The molecule has 0 saturated carbocycles. The van der Waals surface area contributed by atoms with Gasteiger partial charge in [0.1, 0.15) is 0 Å². The van der Waals surface area contributed by atoms with Gasteiger partial charge in [0.25, 0.3) is 0 Å². The number of ether oxygens (including phenoxy) is 3. The highest BCUT2D eigenvalue weighted by Gasteiger charge is 2.17. The Labute approximate surface area is 176 Å². The summed E-state index contributed by atoms with van der Waals surface area (Å²) >= 11 is 0. The van der Waals surface area contributed by atoms with Gasteiger partial charge in [0.15, 0.2) is 11.5 Å². The zero-order valence-corrected chi connectivity index (χ0v) is 18.1. The Morgan fingerprint density at radius 2 is 1.77 bits per heavy atom. The largest absolute Gasteiger partial charge is 0.493 e. The van der Waals surface area contributed by atoms with Crippen molar-refractivity contribution < 1.29 is 19.0 Å². The molecule has 7 heteroatoms. The number of rotatable bonds is 8. The molecule has 3 N–H and O–H groups in total. The highest BCUT2D eigenvalue weighted by molar-refractivity contribution is 5.84. The van der Waals surface area contributed by atoms with Crippen LogP contribution in [0.5, 0.6) is 17.2 Å². The molecule has 1 unspecified atom stereocenters. The molecule has 1 atom stereocenters. The zero-order valence-electron chi connectivity index (χ0n) is 18.1. The van der Waals surface area contributed by atoms with E-state index in [1.807, 2.05) is 25.3 Å². The number of aromatic amines is 1. The van der Waals surface area contributed by atoms with Crippen molar-refractivity contribution in [3.05, 3.63) is 53.2 Å². The molecule has 0 aliphatic carbocycles. The first-order valence-electron chi connectivity index (χ1n) is 9.87. The van der Waals surface area contributed by atoms with Crippen LogP contribution >= 0.6 is 0 Å². The minimum atomic E-state index is -0.241. The molecule has 0 saturated heterocycles. The minimum Gasteiger partial charge on any atom is -0.493 e. The van der Waals surface area contributed by atoms with Gasteiger partial charge >= 0.3 is 6.03 Å².